The molecule has 0 spiro atoms. The predicted octanol–water partition coefficient (Wildman–Crippen LogP) is 2.90. The van der Waals surface area contributed by atoms with E-state index in [-0.39, 0.29) is 12.5 Å². The molecule has 94 valence electrons. The van der Waals surface area contributed by atoms with Crippen molar-refractivity contribution in [1.29, 1.82) is 0 Å². The van der Waals surface area contributed by atoms with E-state index < -0.39 is 0 Å². The van der Waals surface area contributed by atoms with Gasteiger partial charge in [0.15, 0.2) is 0 Å². The van der Waals surface area contributed by atoms with Crippen LogP contribution in [0.5, 0.6) is 0 Å². The van der Waals surface area contributed by atoms with Crippen LogP contribution < -0.4 is 5.32 Å². The third-order valence-corrected chi connectivity index (χ3v) is 3.09. The molecule has 0 bridgehead atoms. The number of aliphatic hydroxyl groups is 1. The minimum Gasteiger partial charge on any atom is -0.396 e. The lowest BCUT2D eigenvalue weighted by Gasteiger charge is -2.07. The molecule has 0 aliphatic rings. The molecule has 0 atom stereocenters. The smallest absolute Gasteiger partial charge is 0.224 e. The molecule has 2 N–H and O–H groups in total. The van der Waals surface area contributed by atoms with Crippen LogP contribution in [-0.4, -0.2) is 22.9 Å². The van der Waals surface area contributed by atoms with Gasteiger partial charge in [-0.2, -0.15) is 0 Å². The molecule has 0 heterocycles. The molecule has 0 aliphatic carbocycles. The van der Waals surface area contributed by atoms with E-state index in [0.717, 1.165) is 5.69 Å². The molecule has 0 fully saturated rings. The fourth-order valence-corrected chi connectivity index (χ4v) is 2.19. The number of rotatable bonds is 6. The molecule has 0 radical (unpaired) electrons. The molecule has 1 aromatic carbocycles. The maximum Gasteiger partial charge on any atom is 0.224 e. The second kappa shape index (κ2) is 7.35. The number of benzene rings is 1. The molecule has 0 saturated heterocycles. The topological polar surface area (TPSA) is 49.3 Å². The van der Waals surface area contributed by atoms with Gasteiger partial charge in [0.05, 0.1) is 0 Å². The Balaban J connectivity index is 2.47. The van der Waals surface area contributed by atoms with Crippen molar-refractivity contribution in [2.75, 3.05) is 11.9 Å². The zero-order chi connectivity index (χ0) is 12.7. The summed E-state index contributed by atoms with van der Waals surface area (Å²) in [4.78, 5) is 12.6. The van der Waals surface area contributed by atoms with Crippen LogP contribution in [0.25, 0.3) is 0 Å². The molecule has 17 heavy (non-hydrogen) atoms. The Bertz CT molecular complexity index is 349. The monoisotopic (exact) mass is 253 g/mol. The maximum atomic E-state index is 11.4. The van der Waals surface area contributed by atoms with E-state index in [1.807, 2.05) is 24.3 Å². The Hall–Kier alpha value is -1.00. The highest BCUT2D eigenvalue weighted by atomic mass is 32.2. The molecule has 4 heteroatoms. The van der Waals surface area contributed by atoms with Crippen molar-refractivity contribution in [2.45, 2.75) is 36.8 Å². The Morgan fingerprint density at radius 3 is 2.53 bits per heavy atom. The Morgan fingerprint density at radius 2 is 2.00 bits per heavy atom. The molecule has 0 aromatic heterocycles. The second-order valence-corrected chi connectivity index (χ2v) is 5.72. The number of hydrogen-bond donors (Lipinski definition) is 2. The molecule has 1 aromatic rings. The number of amides is 1. The number of anilines is 1. The third kappa shape index (κ3) is 5.75. The molecule has 1 rings (SSSR count). The van der Waals surface area contributed by atoms with Gasteiger partial charge in [-0.1, -0.05) is 13.8 Å². The van der Waals surface area contributed by atoms with Gasteiger partial charge in [0, 0.05) is 28.9 Å². The Kier molecular flexibility index (Phi) is 6.08. The number of hydrogen-bond acceptors (Lipinski definition) is 3. The zero-order valence-electron chi connectivity index (χ0n) is 10.3. The minimum atomic E-state index is -0.0525. The number of carbonyl (C=O) groups is 1. The fraction of sp³-hybridized carbons (Fsp3) is 0.462. The number of nitrogens with one attached hydrogen (secondary N) is 1. The minimum absolute atomic E-state index is 0.0525. The van der Waals surface area contributed by atoms with Gasteiger partial charge < -0.3 is 10.4 Å². The summed E-state index contributed by atoms with van der Waals surface area (Å²) < 4.78 is 0. The summed E-state index contributed by atoms with van der Waals surface area (Å²) in [6, 6.07) is 7.82. The van der Waals surface area contributed by atoms with Crippen LogP contribution in [0.3, 0.4) is 0 Å². The lowest BCUT2D eigenvalue weighted by Crippen LogP contribution is -2.11. The number of thioether (sulfide) groups is 1. The summed E-state index contributed by atoms with van der Waals surface area (Å²) in [5.41, 5.74) is 0.807. The van der Waals surface area contributed by atoms with Gasteiger partial charge in [-0.05, 0) is 30.7 Å². The Labute approximate surface area is 107 Å². The van der Waals surface area contributed by atoms with Crippen LogP contribution in [0.15, 0.2) is 29.2 Å². The van der Waals surface area contributed by atoms with Crippen LogP contribution in [-0.2, 0) is 4.79 Å². The summed E-state index contributed by atoms with van der Waals surface area (Å²) in [5, 5.41) is 12.0. The molecule has 3 nitrogen and oxygen atoms in total. The van der Waals surface area contributed by atoms with Crippen molar-refractivity contribution in [3.05, 3.63) is 24.3 Å². The molecular formula is C13H19NO2S. The summed E-state index contributed by atoms with van der Waals surface area (Å²) in [6.07, 6.45) is 0.867. The van der Waals surface area contributed by atoms with Crippen molar-refractivity contribution in [1.82, 2.24) is 0 Å². The van der Waals surface area contributed by atoms with Crippen LogP contribution in [0.4, 0.5) is 5.69 Å². The van der Waals surface area contributed by atoms with E-state index >= 15 is 0 Å². The van der Waals surface area contributed by atoms with Gasteiger partial charge in [0.25, 0.3) is 0 Å². The molecule has 1 amide bonds. The summed E-state index contributed by atoms with van der Waals surface area (Å²) in [5.74, 6) is -0.0525. The third-order valence-electron chi connectivity index (χ3n) is 2.07. The van der Waals surface area contributed by atoms with E-state index in [1.165, 1.54) is 4.90 Å². The molecule has 0 saturated carbocycles. The molecule has 0 aliphatic heterocycles. The second-order valence-electron chi connectivity index (χ2n) is 4.07. The van der Waals surface area contributed by atoms with Crippen LogP contribution >= 0.6 is 11.8 Å². The first-order valence-electron chi connectivity index (χ1n) is 5.79. The first-order chi connectivity index (χ1) is 8.11. The first kappa shape index (κ1) is 14.1. The van der Waals surface area contributed by atoms with Gasteiger partial charge in [-0.3, -0.25) is 4.79 Å². The van der Waals surface area contributed by atoms with Crippen molar-refractivity contribution in [3.63, 3.8) is 0 Å². The van der Waals surface area contributed by atoms with Crippen molar-refractivity contribution in [2.24, 2.45) is 0 Å². The van der Waals surface area contributed by atoms with Gasteiger partial charge in [-0.25, -0.2) is 0 Å². The fourth-order valence-electron chi connectivity index (χ4n) is 1.35. The van der Waals surface area contributed by atoms with E-state index in [9.17, 15) is 4.79 Å². The zero-order valence-corrected chi connectivity index (χ0v) is 11.1. The van der Waals surface area contributed by atoms with Crippen molar-refractivity contribution in [3.8, 4) is 0 Å². The quantitative estimate of drug-likeness (QED) is 0.766. The standard InChI is InChI=1S/C13H19NO2S/c1-10(2)17-12-7-5-11(6-8-12)14-13(16)4-3-9-15/h5-8,10,15H,3-4,9H2,1-2H3,(H,14,16). The lowest BCUT2D eigenvalue weighted by atomic mass is 10.3. The summed E-state index contributed by atoms with van der Waals surface area (Å²) >= 11 is 1.79. The van der Waals surface area contributed by atoms with Crippen LogP contribution in [0.1, 0.15) is 26.7 Å². The van der Waals surface area contributed by atoms with E-state index in [0.29, 0.717) is 18.1 Å². The average molecular weight is 253 g/mol. The van der Waals surface area contributed by atoms with E-state index in [4.69, 9.17) is 5.11 Å². The SMILES string of the molecule is CC(C)Sc1ccc(NC(=O)CCCO)cc1. The summed E-state index contributed by atoms with van der Waals surface area (Å²) in [7, 11) is 0. The number of aliphatic hydroxyl groups excluding tert-OH is 1. The molecule has 0 unspecified atom stereocenters. The first-order valence-corrected chi connectivity index (χ1v) is 6.67. The van der Waals surface area contributed by atoms with E-state index in [1.54, 1.807) is 11.8 Å². The Morgan fingerprint density at radius 1 is 1.35 bits per heavy atom. The van der Waals surface area contributed by atoms with E-state index in [2.05, 4.69) is 19.2 Å². The lowest BCUT2D eigenvalue weighted by molar-refractivity contribution is -0.116. The largest absolute Gasteiger partial charge is 0.396 e. The highest BCUT2D eigenvalue weighted by Crippen LogP contribution is 2.24. The summed E-state index contributed by atoms with van der Waals surface area (Å²) in [6.45, 7) is 4.35. The van der Waals surface area contributed by atoms with Gasteiger partial charge in [-0.15, -0.1) is 11.8 Å². The van der Waals surface area contributed by atoms with Crippen molar-refractivity contribution < 1.29 is 9.90 Å². The van der Waals surface area contributed by atoms with Gasteiger partial charge >= 0.3 is 0 Å². The molecular weight excluding hydrogens is 234 g/mol. The highest BCUT2D eigenvalue weighted by molar-refractivity contribution is 7.99. The normalized spacial score (nSPS) is 10.6. The highest BCUT2D eigenvalue weighted by Gasteiger charge is 2.02. The van der Waals surface area contributed by atoms with Gasteiger partial charge in [0.1, 0.15) is 0 Å². The van der Waals surface area contributed by atoms with Gasteiger partial charge in [0.2, 0.25) is 5.91 Å². The number of carbonyl (C=O) groups excluding carboxylic acids is 1. The van der Waals surface area contributed by atoms with Crippen molar-refractivity contribution >= 4 is 23.4 Å². The average Bonchev–Trinajstić information content (AvgIpc) is 2.28. The van der Waals surface area contributed by atoms with Crippen LogP contribution in [0, 0.1) is 0 Å². The van der Waals surface area contributed by atoms with Crippen LogP contribution in [0.2, 0.25) is 0 Å². The maximum absolute atomic E-state index is 11.4. The predicted molar refractivity (Wildman–Crippen MR) is 72.4 cm³/mol.